The summed E-state index contributed by atoms with van der Waals surface area (Å²) in [5.74, 6) is -0.253. The van der Waals surface area contributed by atoms with E-state index in [1.54, 1.807) is 24.5 Å². The molecule has 0 saturated carbocycles. The number of nitrogens with one attached hydrogen (secondary N) is 1. The second-order valence-electron chi connectivity index (χ2n) is 4.66. The van der Waals surface area contributed by atoms with Gasteiger partial charge in [0.05, 0.1) is 18.8 Å². The Morgan fingerprint density at radius 1 is 1.45 bits per heavy atom. The van der Waals surface area contributed by atoms with Crippen LogP contribution in [0.15, 0.2) is 17.0 Å². The van der Waals surface area contributed by atoms with E-state index in [9.17, 15) is 4.79 Å². The van der Waals surface area contributed by atoms with Crippen molar-refractivity contribution >= 4 is 33.8 Å². The van der Waals surface area contributed by atoms with Crippen molar-refractivity contribution in [1.29, 1.82) is 0 Å². The molecule has 0 amide bonds. The van der Waals surface area contributed by atoms with Crippen molar-refractivity contribution in [2.24, 2.45) is 0 Å². The van der Waals surface area contributed by atoms with Crippen LogP contribution in [0.1, 0.15) is 31.5 Å². The van der Waals surface area contributed by atoms with Crippen molar-refractivity contribution in [2.75, 3.05) is 11.9 Å². The van der Waals surface area contributed by atoms with Crippen molar-refractivity contribution in [2.45, 2.75) is 32.7 Å². The largest absolute Gasteiger partial charge is 0.465 e. The first kappa shape index (κ1) is 14.9. The number of anilines is 1. The Morgan fingerprint density at radius 2 is 2.25 bits per heavy atom. The van der Waals surface area contributed by atoms with Crippen molar-refractivity contribution in [1.82, 2.24) is 9.97 Å². The van der Waals surface area contributed by atoms with E-state index in [4.69, 9.17) is 4.74 Å². The third-order valence-corrected chi connectivity index (χ3v) is 4.38. The summed E-state index contributed by atoms with van der Waals surface area (Å²) >= 11 is 3.08. The lowest BCUT2D eigenvalue weighted by Gasteiger charge is -2.19. The van der Waals surface area contributed by atoms with Crippen LogP contribution in [-0.4, -0.2) is 22.5 Å². The highest BCUT2D eigenvalue weighted by Gasteiger charge is 2.33. The molecule has 20 heavy (non-hydrogen) atoms. The molecule has 2 aromatic rings. The molecule has 0 bridgehead atoms. The van der Waals surface area contributed by atoms with Gasteiger partial charge in [-0.1, -0.05) is 0 Å². The van der Waals surface area contributed by atoms with Crippen LogP contribution >= 0.6 is 22.7 Å². The summed E-state index contributed by atoms with van der Waals surface area (Å²) in [4.78, 5) is 20.6. The number of carbonyl (C=O) groups is 1. The highest BCUT2D eigenvalue weighted by molar-refractivity contribution is 7.13. The molecule has 0 aliphatic heterocycles. The van der Waals surface area contributed by atoms with Crippen LogP contribution in [0, 0.1) is 0 Å². The van der Waals surface area contributed by atoms with E-state index in [2.05, 4.69) is 15.3 Å². The average molecular weight is 311 g/mol. The van der Waals surface area contributed by atoms with Crippen molar-refractivity contribution < 1.29 is 9.53 Å². The SMILES string of the molecule is CCOC(=O)C(C)(C)c1csc(NCc2nccs2)n1. The summed E-state index contributed by atoms with van der Waals surface area (Å²) in [7, 11) is 0. The standard InChI is InChI=1S/C13H17N3O2S2/c1-4-18-11(17)13(2,3)9-8-20-12(16-9)15-7-10-14-5-6-19-10/h5-6,8H,4,7H2,1-3H3,(H,15,16). The lowest BCUT2D eigenvalue weighted by molar-refractivity contribution is -0.148. The Morgan fingerprint density at radius 3 is 2.90 bits per heavy atom. The Bertz CT molecular complexity index is 564. The normalized spacial score (nSPS) is 11.3. The van der Waals surface area contributed by atoms with E-state index < -0.39 is 5.41 Å². The zero-order chi connectivity index (χ0) is 14.6. The van der Waals surface area contributed by atoms with E-state index in [1.165, 1.54) is 11.3 Å². The van der Waals surface area contributed by atoms with Crippen molar-refractivity contribution in [3.05, 3.63) is 27.7 Å². The number of hydrogen-bond donors (Lipinski definition) is 1. The summed E-state index contributed by atoms with van der Waals surface area (Å²) < 4.78 is 5.09. The molecule has 2 aromatic heterocycles. The van der Waals surface area contributed by atoms with Gasteiger partial charge in [-0.2, -0.15) is 0 Å². The first-order valence-corrected chi connectivity index (χ1v) is 8.05. The van der Waals surface area contributed by atoms with Crippen LogP contribution in [0.2, 0.25) is 0 Å². The number of hydrogen-bond acceptors (Lipinski definition) is 7. The summed E-state index contributed by atoms with van der Waals surface area (Å²) in [6, 6.07) is 0. The maximum absolute atomic E-state index is 11.9. The minimum Gasteiger partial charge on any atom is -0.465 e. The number of thiazole rings is 2. The predicted octanol–water partition coefficient (Wildman–Crippen LogP) is 3.05. The van der Waals surface area contributed by atoms with Gasteiger partial charge >= 0.3 is 5.97 Å². The van der Waals surface area contributed by atoms with E-state index in [1.807, 2.05) is 24.6 Å². The zero-order valence-corrected chi connectivity index (χ0v) is 13.3. The molecule has 5 nitrogen and oxygen atoms in total. The molecule has 1 N–H and O–H groups in total. The van der Waals surface area contributed by atoms with Crippen LogP contribution in [0.25, 0.3) is 0 Å². The highest BCUT2D eigenvalue weighted by Crippen LogP contribution is 2.28. The van der Waals surface area contributed by atoms with Gasteiger partial charge in [0.15, 0.2) is 5.13 Å². The molecule has 2 rings (SSSR count). The summed E-state index contributed by atoms with van der Waals surface area (Å²) in [5.41, 5.74) is -0.00393. The molecule has 0 spiro atoms. The summed E-state index contributed by atoms with van der Waals surface area (Å²) in [6.07, 6.45) is 1.78. The lowest BCUT2D eigenvalue weighted by Crippen LogP contribution is -2.31. The third kappa shape index (κ3) is 3.34. The fourth-order valence-electron chi connectivity index (χ4n) is 1.55. The predicted molar refractivity (Wildman–Crippen MR) is 81.2 cm³/mol. The minimum atomic E-state index is -0.729. The van der Waals surface area contributed by atoms with Gasteiger partial charge in [-0.15, -0.1) is 22.7 Å². The summed E-state index contributed by atoms with van der Waals surface area (Å²) in [6.45, 7) is 6.47. The Labute approximate surface area is 126 Å². The molecular formula is C13H17N3O2S2. The van der Waals surface area contributed by atoms with E-state index in [0.29, 0.717) is 13.2 Å². The second kappa shape index (κ2) is 6.32. The van der Waals surface area contributed by atoms with Gasteiger partial charge in [-0.3, -0.25) is 4.79 Å². The first-order valence-electron chi connectivity index (χ1n) is 6.29. The van der Waals surface area contributed by atoms with Crippen LogP contribution < -0.4 is 5.32 Å². The summed E-state index contributed by atoms with van der Waals surface area (Å²) in [5, 5.41) is 8.83. The topological polar surface area (TPSA) is 64.1 Å². The molecule has 0 atom stereocenters. The molecule has 0 radical (unpaired) electrons. The van der Waals surface area contributed by atoms with Gasteiger partial charge in [-0.25, -0.2) is 9.97 Å². The molecule has 0 aliphatic carbocycles. The molecule has 108 valence electrons. The van der Waals surface area contributed by atoms with Gasteiger partial charge in [0.2, 0.25) is 0 Å². The molecule has 0 fully saturated rings. The van der Waals surface area contributed by atoms with Gasteiger partial charge in [-0.05, 0) is 20.8 Å². The van der Waals surface area contributed by atoms with Crippen LogP contribution in [-0.2, 0) is 21.5 Å². The van der Waals surface area contributed by atoms with Gasteiger partial charge < -0.3 is 10.1 Å². The number of esters is 1. The maximum atomic E-state index is 11.9. The number of rotatable bonds is 6. The Kier molecular flexibility index (Phi) is 4.72. The van der Waals surface area contributed by atoms with Crippen molar-refractivity contribution in [3.63, 3.8) is 0 Å². The van der Waals surface area contributed by atoms with Crippen LogP contribution in [0.3, 0.4) is 0 Å². The molecule has 0 unspecified atom stereocenters. The Balaban J connectivity index is 2.02. The van der Waals surface area contributed by atoms with Gasteiger partial charge in [0, 0.05) is 17.0 Å². The fraction of sp³-hybridized carbons (Fsp3) is 0.462. The minimum absolute atomic E-state index is 0.253. The molecule has 2 heterocycles. The second-order valence-corrected chi connectivity index (χ2v) is 6.50. The smallest absolute Gasteiger partial charge is 0.317 e. The third-order valence-electron chi connectivity index (χ3n) is 2.80. The van der Waals surface area contributed by atoms with Gasteiger partial charge in [0.1, 0.15) is 10.4 Å². The number of ether oxygens (including phenoxy) is 1. The van der Waals surface area contributed by atoms with E-state index >= 15 is 0 Å². The number of carbonyl (C=O) groups excluding carboxylic acids is 1. The quantitative estimate of drug-likeness (QED) is 0.831. The molecule has 0 aliphatic rings. The van der Waals surface area contributed by atoms with Gasteiger partial charge in [0.25, 0.3) is 0 Å². The first-order chi connectivity index (χ1) is 9.54. The number of nitrogens with zero attached hydrogens (tertiary/aromatic N) is 2. The molecular weight excluding hydrogens is 294 g/mol. The molecule has 0 aromatic carbocycles. The van der Waals surface area contributed by atoms with E-state index in [-0.39, 0.29) is 5.97 Å². The maximum Gasteiger partial charge on any atom is 0.317 e. The fourth-order valence-corrected chi connectivity index (χ4v) is 2.98. The average Bonchev–Trinajstić information content (AvgIpc) is 3.08. The highest BCUT2D eigenvalue weighted by atomic mass is 32.1. The van der Waals surface area contributed by atoms with Crippen molar-refractivity contribution in [3.8, 4) is 0 Å². The Hall–Kier alpha value is -1.47. The monoisotopic (exact) mass is 311 g/mol. The van der Waals surface area contributed by atoms with Crippen LogP contribution in [0.5, 0.6) is 0 Å². The number of aromatic nitrogens is 2. The lowest BCUT2D eigenvalue weighted by atomic mass is 9.90. The molecule has 7 heteroatoms. The zero-order valence-electron chi connectivity index (χ0n) is 11.7. The van der Waals surface area contributed by atoms with E-state index in [0.717, 1.165) is 15.8 Å². The molecule has 0 saturated heterocycles. The van der Waals surface area contributed by atoms with Crippen LogP contribution in [0.4, 0.5) is 5.13 Å².